The number of carbonyl (C=O) groups is 5. The van der Waals surface area contributed by atoms with Gasteiger partial charge >= 0.3 is 12.1 Å². The smallest absolute Gasteiger partial charge is 0.475 e. The average molecular weight is 532 g/mol. The molecule has 0 bridgehead atoms. The molecule has 38 heavy (non-hydrogen) atoms. The van der Waals surface area contributed by atoms with Gasteiger partial charge in [0.05, 0.1) is 0 Å². The van der Waals surface area contributed by atoms with Crippen molar-refractivity contribution >= 4 is 35.3 Å². The predicted octanol–water partition coefficient (Wildman–Crippen LogP) is 1.98. The number of carboxylic acids is 1. The summed E-state index contributed by atoms with van der Waals surface area (Å²) in [5, 5.41) is 15.7. The second-order valence-electron chi connectivity index (χ2n) is 8.94. The Labute approximate surface area is 214 Å². The fraction of sp³-hybridized carbons (Fsp3) is 0.320. The van der Waals surface area contributed by atoms with Crippen LogP contribution in [0.3, 0.4) is 0 Å². The highest BCUT2D eigenvalue weighted by atomic mass is 19.4. The maximum atomic E-state index is 12.8. The lowest BCUT2D eigenvalue weighted by molar-refractivity contribution is -0.192. The molecule has 0 radical (unpaired) electrons. The highest BCUT2D eigenvalue weighted by Gasteiger charge is 2.39. The van der Waals surface area contributed by atoms with Crippen molar-refractivity contribution in [3.8, 4) is 0 Å². The third-order valence-electron chi connectivity index (χ3n) is 6.38. The van der Waals surface area contributed by atoms with E-state index in [2.05, 4.69) is 16.0 Å². The van der Waals surface area contributed by atoms with Gasteiger partial charge in [-0.15, -0.1) is 0 Å². The Bertz CT molecular complexity index is 1330. The first-order chi connectivity index (χ1) is 17.9. The maximum absolute atomic E-state index is 12.8. The summed E-state index contributed by atoms with van der Waals surface area (Å²) in [5.41, 5.74) is 4.85. The number of anilines is 1. The van der Waals surface area contributed by atoms with Crippen molar-refractivity contribution in [2.24, 2.45) is 0 Å². The molecule has 5 rings (SSSR count). The molecule has 0 saturated carbocycles. The summed E-state index contributed by atoms with van der Waals surface area (Å²) in [4.78, 5) is 59.5. The van der Waals surface area contributed by atoms with Crippen LogP contribution in [0.2, 0.25) is 0 Å². The second kappa shape index (κ2) is 10.6. The van der Waals surface area contributed by atoms with Crippen LogP contribution in [0.4, 0.5) is 18.9 Å². The van der Waals surface area contributed by atoms with Gasteiger partial charge in [-0.25, -0.2) is 4.79 Å². The van der Waals surface area contributed by atoms with E-state index in [0.29, 0.717) is 23.1 Å². The molecule has 1 fully saturated rings. The van der Waals surface area contributed by atoms with E-state index in [1.807, 2.05) is 18.2 Å². The summed E-state index contributed by atoms with van der Waals surface area (Å²) >= 11 is 0. The van der Waals surface area contributed by atoms with E-state index >= 15 is 0 Å². The molecule has 1 atom stereocenters. The van der Waals surface area contributed by atoms with Gasteiger partial charge in [-0.1, -0.05) is 6.07 Å². The van der Waals surface area contributed by atoms with Gasteiger partial charge in [-0.2, -0.15) is 13.2 Å². The van der Waals surface area contributed by atoms with Gasteiger partial charge < -0.3 is 20.6 Å². The molecule has 2 aromatic rings. The molecule has 2 aromatic carbocycles. The SMILES string of the molecule is O=C(O)C(F)(F)F.O=C1CCC(N2Cc3cc(C(=O)Nc4ccc5c(c4)CNCC5)ccc3C2=O)C(=O)N1. The Morgan fingerprint density at radius 2 is 1.74 bits per heavy atom. The van der Waals surface area contributed by atoms with Gasteiger partial charge in [0, 0.05) is 36.3 Å². The van der Waals surface area contributed by atoms with E-state index in [1.165, 1.54) is 16.0 Å². The number of imide groups is 1. The molecule has 200 valence electrons. The van der Waals surface area contributed by atoms with Gasteiger partial charge in [0.1, 0.15) is 6.04 Å². The van der Waals surface area contributed by atoms with Crippen LogP contribution in [0.1, 0.15) is 50.2 Å². The van der Waals surface area contributed by atoms with Crippen LogP contribution in [0.5, 0.6) is 0 Å². The van der Waals surface area contributed by atoms with Crippen molar-refractivity contribution < 1.29 is 42.3 Å². The predicted molar refractivity (Wildman–Crippen MR) is 126 cm³/mol. The molecule has 4 N–H and O–H groups in total. The highest BCUT2D eigenvalue weighted by Crippen LogP contribution is 2.28. The van der Waals surface area contributed by atoms with Crippen molar-refractivity contribution in [2.75, 3.05) is 11.9 Å². The number of fused-ring (bicyclic) bond motifs is 2. The maximum Gasteiger partial charge on any atom is 0.490 e. The third kappa shape index (κ3) is 5.83. The zero-order chi connectivity index (χ0) is 27.6. The van der Waals surface area contributed by atoms with Crippen molar-refractivity contribution in [1.29, 1.82) is 0 Å². The number of benzene rings is 2. The number of nitrogens with zero attached hydrogens (tertiary/aromatic N) is 1. The number of hydrogen-bond donors (Lipinski definition) is 4. The van der Waals surface area contributed by atoms with Crippen molar-refractivity contribution in [3.63, 3.8) is 0 Å². The lowest BCUT2D eigenvalue weighted by Crippen LogP contribution is -2.52. The summed E-state index contributed by atoms with van der Waals surface area (Å²) in [6, 6.07) is 10.2. The van der Waals surface area contributed by atoms with E-state index in [0.717, 1.165) is 25.2 Å². The van der Waals surface area contributed by atoms with E-state index in [4.69, 9.17) is 9.90 Å². The van der Waals surface area contributed by atoms with Gasteiger partial charge in [-0.05, 0) is 66.4 Å². The van der Waals surface area contributed by atoms with Crippen LogP contribution < -0.4 is 16.0 Å². The number of nitrogens with one attached hydrogen (secondary N) is 3. The Morgan fingerprint density at radius 1 is 1.00 bits per heavy atom. The zero-order valence-electron chi connectivity index (χ0n) is 19.9. The van der Waals surface area contributed by atoms with Crippen LogP contribution in [0, 0.1) is 0 Å². The lowest BCUT2D eigenvalue weighted by atomic mass is 10.0. The Kier molecular flexibility index (Phi) is 7.49. The first kappa shape index (κ1) is 26.8. The Hall–Kier alpha value is -4.26. The molecule has 1 saturated heterocycles. The van der Waals surface area contributed by atoms with Crippen LogP contribution in [-0.2, 0) is 33.9 Å². The quantitative estimate of drug-likeness (QED) is 0.443. The van der Waals surface area contributed by atoms with E-state index in [1.54, 1.807) is 18.2 Å². The molecule has 3 aliphatic heterocycles. The number of halogens is 3. The number of hydrogen-bond acceptors (Lipinski definition) is 6. The average Bonchev–Trinajstić information content (AvgIpc) is 3.19. The first-order valence-electron chi connectivity index (χ1n) is 11.7. The molecule has 3 heterocycles. The molecule has 13 heteroatoms. The van der Waals surface area contributed by atoms with Gasteiger partial charge in [0.2, 0.25) is 11.8 Å². The van der Waals surface area contributed by atoms with Gasteiger partial charge in [0.15, 0.2) is 0 Å². The van der Waals surface area contributed by atoms with Crippen LogP contribution in [0.25, 0.3) is 0 Å². The number of amides is 4. The molecule has 0 aromatic heterocycles. The molecule has 1 unspecified atom stereocenters. The Balaban J connectivity index is 0.000000426. The van der Waals surface area contributed by atoms with Crippen molar-refractivity contribution in [1.82, 2.24) is 15.5 Å². The monoisotopic (exact) mass is 532 g/mol. The zero-order valence-corrected chi connectivity index (χ0v) is 19.9. The number of piperidine rings is 1. The fourth-order valence-electron chi connectivity index (χ4n) is 4.48. The van der Waals surface area contributed by atoms with E-state index in [-0.39, 0.29) is 30.7 Å². The Morgan fingerprint density at radius 3 is 2.42 bits per heavy atom. The van der Waals surface area contributed by atoms with Crippen LogP contribution in [0.15, 0.2) is 36.4 Å². The van der Waals surface area contributed by atoms with Crippen molar-refractivity contribution in [3.05, 3.63) is 64.2 Å². The minimum absolute atomic E-state index is 0.209. The van der Waals surface area contributed by atoms with E-state index < -0.39 is 24.1 Å². The van der Waals surface area contributed by atoms with Gasteiger partial charge in [0.25, 0.3) is 11.8 Å². The number of carboxylic acid groups (broad SMARTS) is 1. The molecule has 3 aliphatic rings. The van der Waals surface area contributed by atoms with Crippen LogP contribution >= 0.6 is 0 Å². The largest absolute Gasteiger partial charge is 0.490 e. The summed E-state index contributed by atoms with van der Waals surface area (Å²) in [7, 11) is 0. The molecule has 0 spiro atoms. The van der Waals surface area contributed by atoms with Crippen molar-refractivity contribution in [2.45, 2.75) is 44.6 Å². The topological polar surface area (TPSA) is 145 Å². The minimum Gasteiger partial charge on any atom is -0.475 e. The van der Waals surface area contributed by atoms with Gasteiger partial charge in [-0.3, -0.25) is 24.5 Å². The summed E-state index contributed by atoms with van der Waals surface area (Å²) in [6.07, 6.45) is -3.59. The molecular weight excluding hydrogens is 509 g/mol. The number of rotatable bonds is 3. The molecule has 10 nitrogen and oxygen atoms in total. The second-order valence-corrected chi connectivity index (χ2v) is 8.94. The van der Waals surface area contributed by atoms with Crippen LogP contribution in [-0.4, -0.2) is 58.4 Å². The number of alkyl halides is 3. The third-order valence-corrected chi connectivity index (χ3v) is 6.38. The summed E-state index contributed by atoms with van der Waals surface area (Å²) < 4.78 is 31.7. The fourth-order valence-corrected chi connectivity index (χ4v) is 4.48. The molecule has 4 amide bonds. The first-order valence-corrected chi connectivity index (χ1v) is 11.7. The molecular formula is C25H23F3N4O6. The molecule has 0 aliphatic carbocycles. The summed E-state index contributed by atoms with van der Waals surface area (Å²) in [5.74, 6) is -4.02. The highest BCUT2D eigenvalue weighted by molar-refractivity contribution is 6.08. The number of carbonyl (C=O) groups excluding carboxylic acids is 4. The lowest BCUT2D eigenvalue weighted by Gasteiger charge is -2.29. The minimum atomic E-state index is -5.08. The van der Waals surface area contributed by atoms with E-state index in [9.17, 15) is 32.3 Å². The standard InChI is InChI=1S/C23H22N4O4.C2HF3O2/c28-20-6-5-19(22(30)26-20)27-12-16-9-14(2-4-18(16)23(27)31)21(29)25-17-3-1-13-7-8-24-11-15(13)10-17;3-2(4,5)1(6)7/h1-4,9-10,19,24H,5-8,11-12H2,(H,25,29)(H,26,28,30);(H,6,7). The normalized spacial score (nSPS) is 18.6. The summed E-state index contributed by atoms with van der Waals surface area (Å²) in [6.45, 7) is 1.99. The number of aliphatic carboxylic acids is 1.